The smallest absolute Gasteiger partial charge is 0.289 e. The highest BCUT2D eigenvalue weighted by molar-refractivity contribution is 7.13. The normalized spacial score (nSPS) is 15.9. The fraction of sp³-hybridized carbons (Fsp3) is 0.381. The molecule has 2 aromatic heterocycles. The van der Waals surface area contributed by atoms with Crippen molar-refractivity contribution < 1.29 is 18.7 Å². The Morgan fingerprint density at radius 2 is 1.93 bits per heavy atom. The third-order valence-electron chi connectivity index (χ3n) is 5.54. The van der Waals surface area contributed by atoms with Crippen molar-refractivity contribution in [3.05, 3.63) is 46.2 Å². The molecule has 8 nitrogen and oxygen atoms in total. The van der Waals surface area contributed by atoms with Gasteiger partial charge in [-0.3, -0.25) is 20.4 Å². The molecule has 156 valence electrons. The molecule has 0 unspecified atom stereocenters. The summed E-state index contributed by atoms with van der Waals surface area (Å²) in [6.07, 6.45) is 5.06. The van der Waals surface area contributed by atoms with Gasteiger partial charge in [0.1, 0.15) is 11.3 Å². The number of anilines is 1. The Morgan fingerprint density at radius 3 is 2.77 bits per heavy atom. The summed E-state index contributed by atoms with van der Waals surface area (Å²) in [5.74, 6) is -0.746. The van der Waals surface area contributed by atoms with Crippen molar-refractivity contribution in [3.8, 4) is 0 Å². The number of amides is 2. The van der Waals surface area contributed by atoms with E-state index in [0.717, 1.165) is 54.0 Å². The van der Waals surface area contributed by atoms with Gasteiger partial charge in [-0.2, -0.15) is 0 Å². The van der Waals surface area contributed by atoms with Gasteiger partial charge in [-0.1, -0.05) is 0 Å². The second kappa shape index (κ2) is 8.08. The number of thiazole rings is 1. The van der Waals surface area contributed by atoms with E-state index in [1.54, 1.807) is 11.6 Å². The van der Waals surface area contributed by atoms with E-state index in [9.17, 15) is 9.59 Å². The Kier molecular flexibility index (Phi) is 5.14. The monoisotopic (exact) mass is 426 g/mol. The highest BCUT2D eigenvalue weighted by Crippen LogP contribution is 2.30. The molecular formula is C21H22N4O4S. The standard InChI is InChI=1S/C21H22N4O4S/c26-19(10-15-11-29-18-9-14-3-1-2-13(14)8-16(15)18)23-24-20(27)17-12-30-21(22-17)25-4-6-28-7-5-25/h8-9,11-12H,1-7,10H2,(H,23,26)(H,24,27). The molecule has 1 aromatic carbocycles. The summed E-state index contributed by atoms with van der Waals surface area (Å²) >= 11 is 1.41. The first kappa shape index (κ1) is 19.1. The molecule has 30 heavy (non-hydrogen) atoms. The zero-order chi connectivity index (χ0) is 20.5. The van der Waals surface area contributed by atoms with Crippen LogP contribution in [0.4, 0.5) is 5.13 Å². The predicted molar refractivity (Wildman–Crippen MR) is 113 cm³/mol. The number of hydrogen-bond donors (Lipinski definition) is 2. The first-order valence-electron chi connectivity index (χ1n) is 10.1. The number of aryl methyl sites for hydroxylation is 2. The number of aromatic nitrogens is 1. The topological polar surface area (TPSA) is 96.7 Å². The number of nitrogens with one attached hydrogen (secondary N) is 2. The number of carbonyl (C=O) groups is 2. The molecule has 0 atom stereocenters. The second-order valence-corrected chi connectivity index (χ2v) is 8.36. The highest BCUT2D eigenvalue weighted by Gasteiger charge is 2.19. The number of carbonyl (C=O) groups excluding carboxylic acids is 2. The lowest BCUT2D eigenvalue weighted by atomic mass is 10.0. The summed E-state index contributed by atoms with van der Waals surface area (Å²) < 4.78 is 11.0. The van der Waals surface area contributed by atoms with Crippen LogP contribution in [0.1, 0.15) is 33.6 Å². The van der Waals surface area contributed by atoms with E-state index in [1.165, 1.54) is 22.5 Å². The van der Waals surface area contributed by atoms with Crippen LogP contribution >= 0.6 is 11.3 Å². The molecular weight excluding hydrogens is 404 g/mol. The number of morpholine rings is 1. The maximum Gasteiger partial charge on any atom is 0.289 e. The molecule has 5 rings (SSSR count). The van der Waals surface area contributed by atoms with Gasteiger partial charge in [0.05, 0.1) is 25.9 Å². The van der Waals surface area contributed by atoms with Gasteiger partial charge in [-0.05, 0) is 42.5 Å². The molecule has 0 saturated carbocycles. The maximum absolute atomic E-state index is 12.4. The number of benzene rings is 1. The lowest BCUT2D eigenvalue weighted by molar-refractivity contribution is -0.121. The Bertz CT molecular complexity index is 1100. The molecule has 2 amide bonds. The Morgan fingerprint density at radius 1 is 1.13 bits per heavy atom. The van der Waals surface area contributed by atoms with Gasteiger partial charge in [0.2, 0.25) is 5.91 Å². The predicted octanol–water partition coefficient (Wildman–Crippen LogP) is 2.22. The summed E-state index contributed by atoms with van der Waals surface area (Å²) in [5, 5.41) is 3.44. The van der Waals surface area contributed by atoms with Crippen LogP contribution in [0.3, 0.4) is 0 Å². The molecule has 0 radical (unpaired) electrons. The Balaban J connectivity index is 1.19. The van der Waals surface area contributed by atoms with E-state index < -0.39 is 5.91 Å². The van der Waals surface area contributed by atoms with E-state index in [2.05, 4.69) is 32.9 Å². The Hall–Kier alpha value is -2.91. The van der Waals surface area contributed by atoms with Gasteiger partial charge in [-0.25, -0.2) is 4.98 Å². The van der Waals surface area contributed by atoms with Crippen molar-refractivity contribution in [2.45, 2.75) is 25.7 Å². The van der Waals surface area contributed by atoms with Crippen LogP contribution in [0.2, 0.25) is 0 Å². The Labute approximate surface area is 177 Å². The van der Waals surface area contributed by atoms with E-state index in [4.69, 9.17) is 9.15 Å². The number of fused-ring (bicyclic) bond motifs is 2. The van der Waals surface area contributed by atoms with E-state index in [-0.39, 0.29) is 18.0 Å². The van der Waals surface area contributed by atoms with Crippen molar-refractivity contribution in [2.24, 2.45) is 0 Å². The summed E-state index contributed by atoms with van der Waals surface area (Å²) in [5.41, 5.74) is 9.49. The molecule has 9 heteroatoms. The summed E-state index contributed by atoms with van der Waals surface area (Å²) in [7, 11) is 0. The molecule has 1 aliphatic heterocycles. The van der Waals surface area contributed by atoms with E-state index >= 15 is 0 Å². The zero-order valence-electron chi connectivity index (χ0n) is 16.4. The van der Waals surface area contributed by atoms with Crippen molar-refractivity contribution in [1.82, 2.24) is 15.8 Å². The van der Waals surface area contributed by atoms with Crippen molar-refractivity contribution in [2.75, 3.05) is 31.2 Å². The quantitative estimate of drug-likeness (QED) is 0.621. The fourth-order valence-electron chi connectivity index (χ4n) is 3.96. The molecule has 3 heterocycles. The molecule has 0 bridgehead atoms. The molecule has 1 fully saturated rings. The number of hydrogen-bond acceptors (Lipinski definition) is 7. The number of rotatable bonds is 4. The third-order valence-corrected chi connectivity index (χ3v) is 6.44. The van der Waals surface area contributed by atoms with Crippen molar-refractivity contribution >= 4 is 39.3 Å². The molecule has 2 aliphatic rings. The minimum absolute atomic E-state index is 0.127. The number of furan rings is 1. The summed E-state index contributed by atoms with van der Waals surface area (Å²) in [4.78, 5) is 31.2. The van der Waals surface area contributed by atoms with Crippen LogP contribution < -0.4 is 15.8 Å². The van der Waals surface area contributed by atoms with Gasteiger partial charge >= 0.3 is 0 Å². The minimum atomic E-state index is -0.436. The van der Waals surface area contributed by atoms with Gasteiger partial charge in [0.15, 0.2) is 5.13 Å². The van der Waals surface area contributed by atoms with Gasteiger partial charge in [-0.15, -0.1) is 11.3 Å². The SMILES string of the molecule is O=C(Cc1coc2cc3c(cc12)CCC3)NNC(=O)c1csc(N2CCOCC2)n1. The summed E-state index contributed by atoms with van der Waals surface area (Å²) in [6.45, 7) is 2.83. The first-order chi connectivity index (χ1) is 14.7. The zero-order valence-corrected chi connectivity index (χ0v) is 17.2. The van der Waals surface area contributed by atoms with Crippen molar-refractivity contribution in [3.63, 3.8) is 0 Å². The number of nitrogens with zero attached hydrogens (tertiary/aromatic N) is 2. The number of hydrazine groups is 1. The second-order valence-electron chi connectivity index (χ2n) is 7.53. The molecule has 2 N–H and O–H groups in total. The third kappa shape index (κ3) is 3.78. The van der Waals surface area contributed by atoms with Crippen LogP contribution in [0.5, 0.6) is 0 Å². The molecule has 1 saturated heterocycles. The van der Waals surface area contributed by atoms with Crippen LogP contribution in [0.25, 0.3) is 11.0 Å². The van der Waals surface area contributed by atoms with Gasteiger partial charge < -0.3 is 14.1 Å². The lowest BCUT2D eigenvalue weighted by Crippen LogP contribution is -2.42. The average molecular weight is 426 g/mol. The van der Waals surface area contributed by atoms with Crippen LogP contribution in [0.15, 0.2) is 28.2 Å². The van der Waals surface area contributed by atoms with E-state index in [0.29, 0.717) is 13.2 Å². The van der Waals surface area contributed by atoms with Crippen LogP contribution in [-0.2, 0) is 28.8 Å². The maximum atomic E-state index is 12.4. The largest absolute Gasteiger partial charge is 0.464 e. The van der Waals surface area contributed by atoms with Crippen LogP contribution in [-0.4, -0.2) is 43.1 Å². The molecule has 1 aliphatic carbocycles. The fourth-order valence-corrected chi connectivity index (χ4v) is 4.82. The molecule has 3 aromatic rings. The van der Waals surface area contributed by atoms with Gasteiger partial charge in [0.25, 0.3) is 5.91 Å². The lowest BCUT2D eigenvalue weighted by Gasteiger charge is -2.25. The average Bonchev–Trinajstić information content (AvgIpc) is 3.51. The number of ether oxygens (including phenoxy) is 1. The minimum Gasteiger partial charge on any atom is -0.464 e. The van der Waals surface area contributed by atoms with Crippen molar-refractivity contribution in [1.29, 1.82) is 0 Å². The highest BCUT2D eigenvalue weighted by atomic mass is 32.1. The van der Waals surface area contributed by atoms with Gasteiger partial charge in [0, 0.05) is 29.4 Å². The summed E-state index contributed by atoms with van der Waals surface area (Å²) in [6, 6.07) is 4.21. The molecule has 0 spiro atoms. The van der Waals surface area contributed by atoms with E-state index in [1.807, 2.05) is 0 Å². The first-order valence-corrected chi connectivity index (χ1v) is 10.9. The van der Waals surface area contributed by atoms with Crippen LogP contribution in [0, 0.1) is 0 Å².